The highest BCUT2D eigenvalue weighted by atomic mass is 35.5. The number of nitrogens with one attached hydrogen (secondary N) is 1. The van der Waals surface area contributed by atoms with Crippen LogP contribution in [-0.2, 0) is 26.2 Å². The number of anilines is 1. The van der Waals surface area contributed by atoms with Crippen LogP contribution in [-0.4, -0.2) is 50.5 Å². The maximum Gasteiger partial charge on any atom is 0.244 e. The topological polar surface area (TPSA) is 86.8 Å². The molecule has 0 bridgehead atoms. The summed E-state index contributed by atoms with van der Waals surface area (Å²) in [5, 5.41) is 2.97. The summed E-state index contributed by atoms with van der Waals surface area (Å²) in [6.45, 7) is 3.60. The Bertz CT molecular complexity index is 1060. The molecule has 1 N–H and O–H groups in total. The van der Waals surface area contributed by atoms with E-state index < -0.39 is 34.3 Å². The van der Waals surface area contributed by atoms with Gasteiger partial charge in [-0.3, -0.25) is 13.9 Å². The van der Waals surface area contributed by atoms with Crippen molar-refractivity contribution in [2.75, 3.05) is 23.7 Å². The molecule has 2 aromatic carbocycles. The van der Waals surface area contributed by atoms with E-state index in [-0.39, 0.29) is 23.2 Å². The zero-order chi connectivity index (χ0) is 24.6. The van der Waals surface area contributed by atoms with Crippen molar-refractivity contribution in [2.45, 2.75) is 39.3 Å². The Morgan fingerprint density at radius 1 is 1.09 bits per heavy atom. The molecule has 7 nitrogen and oxygen atoms in total. The van der Waals surface area contributed by atoms with E-state index in [1.807, 2.05) is 6.92 Å². The Labute approximate surface area is 199 Å². The monoisotopic (exact) mass is 497 g/mol. The minimum Gasteiger partial charge on any atom is -0.354 e. The maximum atomic E-state index is 13.5. The standard InChI is InChI=1S/C23H29ClFN3O4S/c1-4-14-26-23(30)20(5-2)27(15-17-10-12-18(25)13-11-17)22(29)16-28(33(3,31)32)21-9-7-6-8-19(21)24/h6-13,20H,4-5,14-16H2,1-3H3,(H,26,30)/t20-/m1/s1. The van der Waals surface area contributed by atoms with E-state index in [9.17, 15) is 22.4 Å². The minimum absolute atomic E-state index is 0.0112. The number of sulfonamides is 1. The van der Waals surface area contributed by atoms with Gasteiger partial charge in [-0.15, -0.1) is 0 Å². The van der Waals surface area contributed by atoms with Crippen LogP contribution in [0.3, 0.4) is 0 Å². The van der Waals surface area contributed by atoms with Gasteiger partial charge in [0.05, 0.1) is 17.0 Å². The van der Waals surface area contributed by atoms with Gasteiger partial charge in [-0.05, 0) is 42.7 Å². The summed E-state index contributed by atoms with van der Waals surface area (Å²) in [5.74, 6) is -1.34. The molecule has 0 aliphatic carbocycles. The van der Waals surface area contributed by atoms with Crippen molar-refractivity contribution in [3.63, 3.8) is 0 Å². The number of hydrogen-bond donors (Lipinski definition) is 1. The average molecular weight is 498 g/mol. The van der Waals surface area contributed by atoms with Crippen LogP contribution < -0.4 is 9.62 Å². The molecule has 0 aliphatic heterocycles. The molecule has 2 rings (SSSR count). The fourth-order valence-corrected chi connectivity index (χ4v) is 4.47. The van der Waals surface area contributed by atoms with Crippen LogP contribution >= 0.6 is 11.6 Å². The Kier molecular flexibility index (Phi) is 9.67. The Balaban J connectivity index is 2.42. The maximum absolute atomic E-state index is 13.5. The normalized spacial score (nSPS) is 12.2. The molecule has 10 heteroatoms. The van der Waals surface area contributed by atoms with E-state index in [1.54, 1.807) is 19.1 Å². The lowest BCUT2D eigenvalue weighted by Gasteiger charge is -2.33. The smallest absolute Gasteiger partial charge is 0.244 e. The van der Waals surface area contributed by atoms with Crippen LogP contribution in [0.25, 0.3) is 0 Å². The molecule has 2 aromatic rings. The molecule has 0 aromatic heterocycles. The van der Waals surface area contributed by atoms with Gasteiger partial charge in [0.25, 0.3) is 0 Å². The summed E-state index contributed by atoms with van der Waals surface area (Å²) in [7, 11) is -3.86. The molecule has 0 saturated heterocycles. The molecule has 2 amide bonds. The van der Waals surface area contributed by atoms with Gasteiger partial charge in [-0.25, -0.2) is 12.8 Å². The number of carbonyl (C=O) groups excluding carboxylic acids is 2. The number of carbonyl (C=O) groups is 2. The molecule has 0 spiro atoms. The summed E-state index contributed by atoms with van der Waals surface area (Å²) < 4.78 is 39.4. The van der Waals surface area contributed by atoms with Gasteiger partial charge in [0.1, 0.15) is 18.4 Å². The first-order chi connectivity index (χ1) is 15.6. The number of nitrogens with zero attached hydrogens (tertiary/aromatic N) is 2. The van der Waals surface area contributed by atoms with Crippen molar-refractivity contribution < 1.29 is 22.4 Å². The second-order valence-electron chi connectivity index (χ2n) is 7.58. The molecular formula is C23H29ClFN3O4S. The zero-order valence-corrected chi connectivity index (χ0v) is 20.5. The van der Waals surface area contributed by atoms with E-state index in [0.29, 0.717) is 18.5 Å². The Morgan fingerprint density at radius 3 is 2.27 bits per heavy atom. The second-order valence-corrected chi connectivity index (χ2v) is 9.90. The third-order valence-electron chi connectivity index (χ3n) is 5.00. The first-order valence-electron chi connectivity index (χ1n) is 10.6. The number of para-hydroxylation sites is 1. The second kappa shape index (κ2) is 12.0. The largest absolute Gasteiger partial charge is 0.354 e. The van der Waals surface area contributed by atoms with Crippen molar-refractivity contribution in [3.8, 4) is 0 Å². The van der Waals surface area contributed by atoms with E-state index in [2.05, 4.69) is 5.32 Å². The number of halogens is 2. The van der Waals surface area contributed by atoms with Gasteiger partial charge in [0.2, 0.25) is 21.8 Å². The van der Waals surface area contributed by atoms with Crippen LogP contribution in [0.15, 0.2) is 48.5 Å². The predicted octanol–water partition coefficient (Wildman–Crippen LogP) is 3.58. The summed E-state index contributed by atoms with van der Waals surface area (Å²) in [6.07, 6.45) is 2.02. The highest BCUT2D eigenvalue weighted by Gasteiger charge is 2.32. The highest BCUT2D eigenvalue weighted by molar-refractivity contribution is 7.92. The van der Waals surface area contributed by atoms with Crippen LogP contribution in [0.2, 0.25) is 5.02 Å². The third-order valence-corrected chi connectivity index (χ3v) is 6.45. The third kappa shape index (κ3) is 7.43. The lowest BCUT2D eigenvalue weighted by atomic mass is 10.1. The first-order valence-corrected chi connectivity index (χ1v) is 12.8. The Hall–Kier alpha value is -2.65. The van der Waals surface area contributed by atoms with E-state index >= 15 is 0 Å². The zero-order valence-electron chi connectivity index (χ0n) is 18.9. The van der Waals surface area contributed by atoms with E-state index in [4.69, 9.17) is 11.6 Å². The molecule has 0 aliphatic rings. The van der Waals surface area contributed by atoms with Crippen molar-refractivity contribution in [3.05, 3.63) is 64.9 Å². The average Bonchev–Trinajstić information content (AvgIpc) is 2.77. The minimum atomic E-state index is -3.86. The molecule has 0 unspecified atom stereocenters. The molecule has 1 atom stereocenters. The molecule has 0 fully saturated rings. The number of benzene rings is 2. The lowest BCUT2D eigenvalue weighted by Crippen LogP contribution is -2.52. The molecule has 180 valence electrons. The molecular weight excluding hydrogens is 469 g/mol. The first kappa shape index (κ1) is 26.6. The van der Waals surface area contributed by atoms with Gasteiger partial charge in [0, 0.05) is 13.1 Å². The molecule has 0 saturated carbocycles. The number of amides is 2. The predicted molar refractivity (Wildman–Crippen MR) is 128 cm³/mol. The van der Waals surface area contributed by atoms with Crippen LogP contribution in [0, 0.1) is 5.82 Å². The van der Waals surface area contributed by atoms with Crippen molar-refractivity contribution in [1.82, 2.24) is 10.2 Å². The number of hydrogen-bond acceptors (Lipinski definition) is 4. The van der Waals surface area contributed by atoms with Crippen LogP contribution in [0.5, 0.6) is 0 Å². The summed E-state index contributed by atoms with van der Waals surface area (Å²) in [5.41, 5.74) is 0.773. The van der Waals surface area contributed by atoms with Crippen LogP contribution in [0.1, 0.15) is 32.3 Å². The highest BCUT2D eigenvalue weighted by Crippen LogP contribution is 2.27. The fourth-order valence-electron chi connectivity index (χ4n) is 3.32. The summed E-state index contributed by atoms with van der Waals surface area (Å²) >= 11 is 6.20. The SMILES string of the molecule is CCCNC(=O)[C@@H](CC)N(Cc1ccc(F)cc1)C(=O)CN(c1ccccc1Cl)S(C)(=O)=O. The molecule has 0 radical (unpaired) electrons. The van der Waals surface area contributed by atoms with Crippen molar-refractivity contribution >= 4 is 39.1 Å². The molecule has 33 heavy (non-hydrogen) atoms. The molecule has 0 heterocycles. The fraction of sp³-hybridized carbons (Fsp3) is 0.391. The van der Waals surface area contributed by atoms with Crippen molar-refractivity contribution in [2.24, 2.45) is 0 Å². The Morgan fingerprint density at radius 2 is 1.73 bits per heavy atom. The van der Waals surface area contributed by atoms with Gasteiger partial charge in [-0.2, -0.15) is 0 Å². The van der Waals surface area contributed by atoms with Crippen LogP contribution in [0.4, 0.5) is 10.1 Å². The van der Waals surface area contributed by atoms with E-state index in [0.717, 1.165) is 17.0 Å². The van der Waals surface area contributed by atoms with E-state index in [1.165, 1.54) is 41.3 Å². The van der Waals surface area contributed by atoms with Gasteiger partial charge in [-0.1, -0.05) is 49.7 Å². The quantitative estimate of drug-likeness (QED) is 0.514. The van der Waals surface area contributed by atoms with Gasteiger partial charge >= 0.3 is 0 Å². The van der Waals surface area contributed by atoms with Gasteiger partial charge < -0.3 is 10.2 Å². The van der Waals surface area contributed by atoms with Gasteiger partial charge in [0.15, 0.2) is 0 Å². The van der Waals surface area contributed by atoms with Crippen molar-refractivity contribution in [1.29, 1.82) is 0 Å². The summed E-state index contributed by atoms with van der Waals surface area (Å²) in [6, 6.07) is 11.1. The lowest BCUT2D eigenvalue weighted by molar-refractivity contribution is -0.140. The number of rotatable bonds is 11. The summed E-state index contributed by atoms with van der Waals surface area (Å²) in [4.78, 5) is 27.6.